The number of halogens is 6. The Morgan fingerprint density at radius 2 is 1.51 bits per heavy atom. The Labute approximate surface area is 199 Å². The van der Waals surface area contributed by atoms with Crippen molar-refractivity contribution in [2.24, 2.45) is 0 Å². The Morgan fingerprint density at radius 1 is 1.00 bits per heavy atom. The molecule has 2 fully saturated rings. The Balaban J connectivity index is 0.000000362. The standard InChI is InChI=1S/C17H28N4.2C2HF3O2/c1-19(2)13-14-21-10-4-6-17(21)7-11-20(12-8-17)16-5-3-9-18-15-16;2*3-2(4,5)1(6)7/h3,5,9,15H,4,6-8,10-14H2,1-2H3;2*(H,6,7). The molecule has 1 aromatic heterocycles. The molecule has 200 valence electrons. The molecule has 0 unspecified atom stereocenters. The zero-order chi connectivity index (χ0) is 26.9. The van der Waals surface area contributed by atoms with E-state index in [0.717, 1.165) is 0 Å². The average molecular weight is 516 g/mol. The van der Waals surface area contributed by atoms with Crippen LogP contribution in [0, 0.1) is 0 Å². The predicted octanol–water partition coefficient (Wildman–Crippen LogP) is 3.34. The highest BCUT2D eigenvalue weighted by Gasteiger charge is 2.42. The molecule has 35 heavy (non-hydrogen) atoms. The number of carboxylic acids is 2. The van der Waals surface area contributed by atoms with Crippen LogP contribution < -0.4 is 4.90 Å². The monoisotopic (exact) mass is 516 g/mol. The number of hydrogen-bond donors (Lipinski definition) is 2. The number of likely N-dealkylation sites (tertiary alicyclic amines) is 1. The van der Waals surface area contributed by atoms with Crippen molar-refractivity contribution in [3.05, 3.63) is 24.5 Å². The highest BCUT2D eigenvalue weighted by atomic mass is 19.4. The molecule has 2 saturated heterocycles. The van der Waals surface area contributed by atoms with E-state index in [0.29, 0.717) is 5.54 Å². The van der Waals surface area contributed by atoms with Gasteiger partial charge in [0.05, 0.1) is 11.9 Å². The lowest BCUT2D eigenvalue weighted by Crippen LogP contribution is -2.53. The van der Waals surface area contributed by atoms with Crippen LogP contribution in [0.25, 0.3) is 0 Å². The number of carboxylic acid groups (broad SMARTS) is 2. The zero-order valence-corrected chi connectivity index (χ0v) is 19.4. The van der Waals surface area contributed by atoms with Gasteiger partial charge < -0.3 is 20.0 Å². The second kappa shape index (κ2) is 12.9. The molecule has 1 aromatic rings. The number of piperidine rings is 1. The Bertz CT molecular complexity index is 773. The maximum atomic E-state index is 10.6. The topological polar surface area (TPSA) is 97.2 Å². The van der Waals surface area contributed by atoms with Crippen LogP contribution in [0.5, 0.6) is 0 Å². The predicted molar refractivity (Wildman–Crippen MR) is 115 cm³/mol. The summed E-state index contributed by atoms with van der Waals surface area (Å²) < 4.78 is 63.5. The number of pyridine rings is 1. The first-order valence-electron chi connectivity index (χ1n) is 10.7. The van der Waals surface area contributed by atoms with E-state index in [2.05, 4.69) is 39.8 Å². The van der Waals surface area contributed by atoms with Crippen molar-refractivity contribution in [3.8, 4) is 0 Å². The highest BCUT2D eigenvalue weighted by Crippen LogP contribution is 2.39. The number of rotatable bonds is 4. The largest absolute Gasteiger partial charge is 0.490 e. The van der Waals surface area contributed by atoms with E-state index in [4.69, 9.17) is 19.8 Å². The molecule has 3 rings (SSSR count). The van der Waals surface area contributed by atoms with Gasteiger partial charge in [-0.25, -0.2) is 9.59 Å². The summed E-state index contributed by atoms with van der Waals surface area (Å²) in [5, 5.41) is 14.2. The second-order valence-corrected chi connectivity index (χ2v) is 8.42. The summed E-state index contributed by atoms with van der Waals surface area (Å²) in [6.45, 7) is 6.03. The maximum absolute atomic E-state index is 10.6. The smallest absolute Gasteiger partial charge is 0.475 e. The summed E-state index contributed by atoms with van der Waals surface area (Å²) in [6, 6.07) is 4.22. The molecule has 3 heterocycles. The SMILES string of the molecule is CN(C)CCN1CCCC12CCN(c1cccnc1)CC2.O=C(O)C(F)(F)F.O=C(O)C(F)(F)F. The first-order chi connectivity index (χ1) is 16.1. The van der Waals surface area contributed by atoms with E-state index >= 15 is 0 Å². The molecule has 0 aromatic carbocycles. The van der Waals surface area contributed by atoms with Crippen molar-refractivity contribution < 1.29 is 46.1 Å². The average Bonchev–Trinajstić information content (AvgIpc) is 3.14. The maximum Gasteiger partial charge on any atom is 0.490 e. The lowest BCUT2D eigenvalue weighted by atomic mass is 9.84. The fraction of sp³-hybridized carbons (Fsp3) is 0.667. The Kier molecular flexibility index (Phi) is 11.2. The van der Waals surface area contributed by atoms with Crippen molar-refractivity contribution >= 4 is 17.6 Å². The van der Waals surface area contributed by atoms with Gasteiger partial charge in [-0.2, -0.15) is 26.3 Å². The van der Waals surface area contributed by atoms with Gasteiger partial charge in [-0.3, -0.25) is 9.88 Å². The molecule has 14 heteroatoms. The highest BCUT2D eigenvalue weighted by molar-refractivity contribution is 5.73. The van der Waals surface area contributed by atoms with Crippen LogP contribution in [0.4, 0.5) is 32.0 Å². The summed E-state index contributed by atoms with van der Waals surface area (Å²) in [6.07, 6.45) is -0.947. The number of carbonyl (C=O) groups is 2. The molecule has 2 aliphatic heterocycles. The van der Waals surface area contributed by atoms with E-state index in [1.165, 1.54) is 64.1 Å². The summed E-state index contributed by atoms with van der Waals surface area (Å²) in [5.74, 6) is -5.51. The van der Waals surface area contributed by atoms with Crippen LogP contribution in [0.3, 0.4) is 0 Å². The first kappa shape index (κ1) is 30.4. The normalized spacial score (nSPS) is 17.9. The third-order valence-electron chi connectivity index (χ3n) is 5.75. The number of likely N-dealkylation sites (N-methyl/N-ethyl adjacent to an activating group) is 1. The lowest BCUT2D eigenvalue weighted by molar-refractivity contribution is -0.193. The van der Waals surface area contributed by atoms with E-state index in [1.54, 1.807) is 0 Å². The molecular formula is C21H30F6N4O4. The minimum absolute atomic E-state index is 0.481. The van der Waals surface area contributed by atoms with Gasteiger partial charge in [-0.05, 0) is 58.5 Å². The molecule has 2 N–H and O–H groups in total. The molecule has 8 nitrogen and oxygen atoms in total. The minimum atomic E-state index is -5.08. The van der Waals surface area contributed by atoms with Crippen LogP contribution in [0.15, 0.2) is 24.5 Å². The van der Waals surface area contributed by atoms with Crippen LogP contribution in [-0.2, 0) is 9.59 Å². The van der Waals surface area contributed by atoms with Crippen LogP contribution in [-0.4, -0.2) is 102 Å². The molecule has 0 atom stereocenters. The van der Waals surface area contributed by atoms with Gasteiger partial charge in [0, 0.05) is 37.9 Å². The van der Waals surface area contributed by atoms with Gasteiger partial charge in [0.1, 0.15) is 0 Å². The number of anilines is 1. The quantitative estimate of drug-likeness (QED) is 0.589. The molecule has 0 amide bonds. The molecular weight excluding hydrogens is 486 g/mol. The molecule has 0 bridgehead atoms. The van der Waals surface area contributed by atoms with Gasteiger partial charge in [-0.15, -0.1) is 0 Å². The van der Waals surface area contributed by atoms with Gasteiger partial charge in [0.25, 0.3) is 0 Å². The second-order valence-electron chi connectivity index (χ2n) is 8.42. The van der Waals surface area contributed by atoms with Gasteiger partial charge in [-0.1, -0.05) is 0 Å². The summed E-state index contributed by atoms with van der Waals surface area (Å²) >= 11 is 0. The van der Waals surface area contributed by atoms with Crippen molar-refractivity contribution in [2.45, 2.75) is 43.6 Å². The summed E-state index contributed by atoms with van der Waals surface area (Å²) in [4.78, 5) is 29.6. The Morgan fingerprint density at radius 3 is 1.91 bits per heavy atom. The number of aliphatic carboxylic acids is 2. The van der Waals surface area contributed by atoms with Gasteiger partial charge >= 0.3 is 24.3 Å². The van der Waals surface area contributed by atoms with Crippen LogP contribution in [0.2, 0.25) is 0 Å². The molecule has 0 saturated carbocycles. The summed E-state index contributed by atoms with van der Waals surface area (Å²) in [7, 11) is 4.35. The molecule has 0 radical (unpaired) electrons. The third-order valence-corrected chi connectivity index (χ3v) is 5.75. The summed E-state index contributed by atoms with van der Waals surface area (Å²) in [5.41, 5.74) is 1.76. The molecule has 0 aliphatic carbocycles. The van der Waals surface area contributed by atoms with E-state index in [1.807, 2.05) is 18.5 Å². The van der Waals surface area contributed by atoms with E-state index < -0.39 is 24.3 Å². The number of alkyl halides is 6. The number of hydrogen-bond acceptors (Lipinski definition) is 6. The van der Waals surface area contributed by atoms with Gasteiger partial charge in [0.15, 0.2) is 0 Å². The number of nitrogens with zero attached hydrogens (tertiary/aromatic N) is 4. The van der Waals surface area contributed by atoms with Crippen molar-refractivity contribution in [1.29, 1.82) is 0 Å². The van der Waals surface area contributed by atoms with E-state index in [9.17, 15) is 26.3 Å². The number of aromatic nitrogens is 1. The lowest BCUT2D eigenvalue weighted by Gasteiger charge is -2.46. The third kappa shape index (κ3) is 10.3. The molecule has 2 aliphatic rings. The fourth-order valence-corrected chi connectivity index (χ4v) is 3.95. The fourth-order valence-electron chi connectivity index (χ4n) is 3.95. The first-order valence-corrected chi connectivity index (χ1v) is 10.7. The van der Waals surface area contributed by atoms with Gasteiger partial charge in [0.2, 0.25) is 0 Å². The van der Waals surface area contributed by atoms with Crippen molar-refractivity contribution in [1.82, 2.24) is 14.8 Å². The van der Waals surface area contributed by atoms with Crippen molar-refractivity contribution in [3.63, 3.8) is 0 Å². The van der Waals surface area contributed by atoms with Crippen LogP contribution in [0.1, 0.15) is 25.7 Å². The zero-order valence-electron chi connectivity index (χ0n) is 19.4. The van der Waals surface area contributed by atoms with Crippen molar-refractivity contribution in [2.75, 3.05) is 51.7 Å². The van der Waals surface area contributed by atoms with Crippen LogP contribution >= 0.6 is 0 Å². The molecule has 1 spiro atoms. The van der Waals surface area contributed by atoms with E-state index in [-0.39, 0.29) is 0 Å². The Hall–Kier alpha value is -2.61. The minimum Gasteiger partial charge on any atom is -0.475 e.